The predicted molar refractivity (Wildman–Crippen MR) is 106 cm³/mol. The lowest BCUT2D eigenvalue weighted by Crippen LogP contribution is -2.25. The second-order valence-corrected chi connectivity index (χ2v) is 7.23. The van der Waals surface area contributed by atoms with Gasteiger partial charge in [-0.3, -0.25) is 19.7 Å². The van der Waals surface area contributed by atoms with Crippen molar-refractivity contribution in [1.29, 1.82) is 0 Å². The molecule has 0 aliphatic heterocycles. The Morgan fingerprint density at radius 1 is 1.07 bits per heavy atom. The summed E-state index contributed by atoms with van der Waals surface area (Å²) in [4.78, 5) is 34.8. The van der Waals surface area contributed by atoms with E-state index in [1.807, 2.05) is 0 Å². The van der Waals surface area contributed by atoms with Crippen molar-refractivity contribution in [2.75, 3.05) is 0 Å². The van der Waals surface area contributed by atoms with Crippen LogP contribution < -0.4 is 5.56 Å². The van der Waals surface area contributed by atoms with Crippen molar-refractivity contribution < 1.29 is 22.9 Å². The van der Waals surface area contributed by atoms with E-state index in [1.165, 1.54) is 42.6 Å². The van der Waals surface area contributed by atoms with Crippen LogP contribution in [0.2, 0.25) is 0 Å². The largest absolute Gasteiger partial charge is 0.416 e. The maximum Gasteiger partial charge on any atom is 0.416 e. The summed E-state index contributed by atoms with van der Waals surface area (Å²) in [6, 6.07) is 11.7. The number of alkyl halides is 3. The second kappa shape index (κ2) is 8.23. The van der Waals surface area contributed by atoms with Gasteiger partial charge >= 0.3 is 17.4 Å². The van der Waals surface area contributed by atoms with Gasteiger partial charge in [0.1, 0.15) is 0 Å². The predicted octanol–water partition coefficient (Wildman–Crippen LogP) is 5.09. The van der Waals surface area contributed by atoms with Gasteiger partial charge in [-0.1, -0.05) is 36.4 Å². The second-order valence-electron chi connectivity index (χ2n) is 6.31. The van der Waals surface area contributed by atoms with Gasteiger partial charge in [0.2, 0.25) is 0 Å². The highest BCUT2D eigenvalue weighted by Crippen LogP contribution is 2.32. The van der Waals surface area contributed by atoms with Crippen molar-refractivity contribution in [3.05, 3.63) is 96.9 Å². The van der Waals surface area contributed by atoms with E-state index in [0.717, 1.165) is 22.8 Å². The van der Waals surface area contributed by atoms with E-state index >= 15 is 0 Å². The van der Waals surface area contributed by atoms with Gasteiger partial charge in [0.15, 0.2) is 5.78 Å². The minimum Gasteiger partial charge on any atom is -0.301 e. The highest BCUT2D eigenvalue weighted by atomic mass is 79.9. The Morgan fingerprint density at radius 3 is 2.33 bits per heavy atom. The molecular formula is C20H12BrF3N2O4. The highest BCUT2D eigenvalue weighted by molar-refractivity contribution is 9.10. The lowest BCUT2D eigenvalue weighted by atomic mass is 10.0. The fraction of sp³-hybridized carbons (Fsp3) is 0.100. The Labute approximate surface area is 175 Å². The summed E-state index contributed by atoms with van der Waals surface area (Å²) < 4.78 is 39.8. The van der Waals surface area contributed by atoms with Gasteiger partial charge in [-0.25, -0.2) is 0 Å². The Bertz CT molecular complexity index is 1190. The molecule has 0 spiro atoms. The van der Waals surface area contributed by atoms with Crippen LogP contribution in [0.3, 0.4) is 0 Å². The van der Waals surface area contributed by atoms with Crippen LogP contribution in [0.5, 0.6) is 0 Å². The lowest BCUT2D eigenvalue weighted by molar-refractivity contribution is -0.386. The van der Waals surface area contributed by atoms with Gasteiger partial charge in [-0.15, -0.1) is 0 Å². The first-order valence-electron chi connectivity index (χ1n) is 8.41. The molecule has 30 heavy (non-hydrogen) atoms. The number of aromatic nitrogens is 1. The zero-order valence-electron chi connectivity index (χ0n) is 15.0. The van der Waals surface area contributed by atoms with E-state index in [4.69, 9.17) is 0 Å². The summed E-state index contributed by atoms with van der Waals surface area (Å²) in [5, 5.41) is 11.0. The third kappa shape index (κ3) is 4.65. The molecule has 3 aromatic rings. The van der Waals surface area contributed by atoms with Gasteiger partial charge in [-0.2, -0.15) is 13.2 Å². The highest BCUT2D eigenvalue weighted by Gasteiger charge is 2.30. The first-order chi connectivity index (χ1) is 14.1. The molecular weight excluding hydrogens is 469 g/mol. The van der Waals surface area contributed by atoms with Crippen molar-refractivity contribution in [2.24, 2.45) is 0 Å². The first kappa shape index (κ1) is 21.4. The fourth-order valence-corrected chi connectivity index (χ4v) is 3.27. The van der Waals surface area contributed by atoms with E-state index < -0.39 is 40.2 Å². The van der Waals surface area contributed by atoms with Crippen molar-refractivity contribution in [3.8, 4) is 11.1 Å². The quantitative estimate of drug-likeness (QED) is 0.289. The number of carbonyl (C=O) groups excluding carboxylic acids is 1. The number of nitrogens with zero attached hydrogens (tertiary/aromatic N) is 2. The molecule has 0 amide bonds. The lowest BCUT2D eigenvalue weighted by Gasteiger charge is -2.10. The van der Waals surface area contributed by atoms with Crippen molar-refractivity contribution in [3.63, 3.8) is 0 Å². The number of rotatable bonds is 5. The van der Waals surface area contributed by atoms with Gasteiger partial charge in [0, 0.05) is 22.3 Å². The third-order valence-corrected chi connectivity index (χ3v) is 4.71. The number of carbonyl (C=O) groups is 1. The van der Waals surface area contributed by atoms with E-state index in [-0.39, 0.29) is 10.0 Å². The van der Waals surface area contributed by atoms with E-state index in [1.54, 1.807) is 0 Å². The molecule has 1 heterocycles. The number of ketones is 1. The standard InChI is InChI=1S/C20H12BrF3N2O4/c21-16-9-17(26(29)30)19(28)25(10-16)11-18(27)13-6-4-12(5-7-13)14-2-1-3-15(8-14)20(22,23)24/h1-10H,11H2. The topological polar surface area (TPSA) is 82.2 Å². The maximum absolute atomic E-state index is 12.9. The molecule has 10 heteroatoms. The molecule has 6 nitrogen and oxygen atoms in total. The molecule has 0 aliphatic carbocycles. The number of halogens is 4. The van der Waals surface area contributed by atoms with Crippen LogP contribution in [0.25, 0.3) is 11.1 Å². The molecule has 0 saturated carbocycles. The number of hydrogen-bond donors (Lipinski definition) is 0. The molecule has 0 atom stereocenters. The summed E-state index contributed by atoms with van der Waals surface area (Å²) in [6.07, 6.45) is -3.20. The maximum atomic E-state index is 12.9. The first-order valence-corrected chi connectivity index (χ1v) is 9.21. The van der Waals surface area contributed by atoms with Crippen LogP contribution in [0.1, 0.15) is 15.9 Å². The normalized spacial score (nSPS) is 11.3. The van der Waals surface area contributed by atoms with Crippen LogP contribution in [-0.4, -0.2) is 15.3 Å². The summed E-state index contributed by atoms with van der Waals surface area (Å²) >= 11 is 3.06. The third-order valence-electron chi connectivity index (χ3n) is 4.27. The van der Waals surface area contributed by atoms with Crippen LogP contribution in [0.15, 0.2) is 70.1 Å². The molecule has 0 fully saturated rings. The molecule has 0 unspecified atom stereocenters. The molecule has 1 aromatic heterocycles. The molecule has 0 aliphatic rings. The van der Waals surface area contributed by atoms with E-state index in [9.17, 15) is 32.9 Å². The van der Waals surface area contributed by atoms with Gasteiger partial charge < -0.3 is 4.57 Å². The Hall–Kier alpha value is -3.27. The summed E-state index contributed by atoms with van der Waals surface area (Å²) in [7, 11) is 0. The Morgan fingerprint density at radius 2 is 1.73 bits per heavy atom. The molecule has 154 valence electrons. The van der Waals surface area contributed by atoms with Crippen molar-refractivity contribution in [2.45, 2.75) is 12.7 Å². The number of nitro groups is 1. The van der Waals surface area contributed by atoms with Crippen molar-refractivity contribution in [1.82, 2.24) is 4.57 Å². The van der Waals surface area contributed by atoms with Crippen molar-refractivity contribution >= 4 is 27.4 Å². The summed E-state index contributed by atoms with van der Waals surface area (Å²) in [5.41, 5.74) is -1.35. The smallest absolute Gasteiger partial charge is 0.301 e. The van der Waals surface area contributed by atoms with E-state index in [0.29, 0.717) is 11.1 Å². The molecule has 0 radical (unpaired) electrons. The zero-order chi connectivity index (χ0) is 22.1. The Kier molecular flexibility index (Phi) is 5.88. The number of pyridine rings is 1. The van der Waals surface area contributed by atoms with Crippen LogP contribution in [0.4, 0.5) is 18.9 Å². The molecule has 2 aromatic carbocycles. The van der Waals surface area contributed by atoms with Gasteiger partial charge in [0.05, 0.1) is 17.0 Å². The zero-order valence-corrected chi connectivity index (χ0v) is 16.6. The fourth-order valence-electron chi connectivity index (χ4n) is 2.80. The van der Waals surface area contributed by atoms with Crippen LogP contribution >= 0.6 is 15.9 Å². The van der Waals surface area contributed by atoms with E-state index in [2.05, 4.69) is 15.9 Å². The molecule has 0 N–H and O–H groups in total. The monoisotopic (exact) mass is 480 g/mol. The number of benzene rings is 2. The van der Waals surface area contributed by atoms with Crippen LogP contribution in [0, 0.1) is 10.1 Å². The molecule has 3 rings (SSSR count). The summed E-state index contributed by atoms with van der Waals surface area (Å²) in [6.45, 7) is -0.429. The summed E-state index contributed by atoms with van der Waals surface area (Å²) in [5.74, 6) is -0.486. The van der Waals surface area contributed by atoms with Gasteiger partial charge in [0.25, 0.3) is 0 Å². The van der Waals surface area contributed by atoms with Crippen LogP contribution in [-0.2, 0) is 12.7 Å². The van der Waals surface area contributed by atoms with Gasteiger partial charge in [-0.05, 0) is 39.2 Å². The molecule has 0 bridgehead atoms. The number of hydrogen-bond acceptors (Lipinski definition) is 4. The minimum absolute atomic E-state index is 0.209. The average Bonchev–Trinajstić information content (AvgIpc) is 2.69. The SMILES string of the molecule is O=C(Cn1cc(Br)cc([N+](=O)[O-])c1=O)c1ccc(-c2cccc(C(F)(F)F)c2)cc1. The number of Topliss-reactive ketones (excluding diaryl/α,β-unsaturated/α-hetero) is 1. The average molecular weight is 481 g/mol. The minimum atomic E-state index is -4.47. The molecule has 0 saturated heterocycles. The Balaban J connectivity index is 1.85.